The van der Waals surface area contributed by atoms with Gasteiger partial charge in [0.05, 0.1) is 18.9 Å². The van der Waals surface area contributed by atoms with Crippen molar-refractivity contribution in [2.24, 2.45) is 0 Å². The van der Waals surface area contributed by atoms with Crippen LogP contribution in [0.1, 0.15) is 6.42 Å². The average Bonchev–Trinajstić information content (AvgIpc) is 3.24. The number of ether oxygens (including phenoxy) is 2. The minimum Gasteiger partial charge on any atom is -0.493 e. The molecule has 1 aromatic heterocycles. The first-order valence-electron chi connectivity index (χ1n) is 10.0. The first-order chi connectivity index (χ1) is 15.1. The van der Waals surface area contributed by atoms with Gasteiger partial charge < -0.3 is 19.3 Å². The number of halogens is 1. The molecule has 0 radical (unpaired) electrons. The quantitative estimate of drug-likeness (QED) is 0.456. The maximum absolute atomic E-state index is 12.6. The molecule has 1 aliphatic rings. The van der Waals surface area contributed by atoms with E-state index >= 15 is 0 Å². The lowest BCUT2D eigenvalue weighted by molar-refractivity contribution is -0.131. The molecule has 2 heterocycles. The van der Waals surface area contributed by atoms with E-state index < -0.39 is 0 Å². The van der Waals surface area contributed by atoms with Crippen LogP contribution in [0.3, 0.4) is 0 Å². The molecule has 6 nitrogen and oxygen atoms in total. The fourth-order valence-electron chi connectivity index (χ4n) is 3.53. The third kappa shape index (κ3) is 5.02. The van der Waals surface area contributed by atoms with Gasteiger partial charge >= 0.3 is 0 Å². The zero-order valence-corrected chi connectivity index (χ0v) is 19.9. The number of thiazole rings is 1. The molecule has 1 saturated heterocycles. The highest BCUT2D eigenvalue weighted by molar-refractivity contribution is 7.99. The van der Waals surface area contributed by atoms with Crippen LogP contribution in [0.15, 0.2) is 41.3 Å². The number of hydrogen-bond acceptors (Lipinski definition) is 7. The van der Waals surface area contributed by atoms with Gasteiger partial charge in [0.1, 0.15) is 5.52 Å². The van der Waals surface area contributed by atoms with Crippen LogP contribution >= 0.6 is 34.7 Å². The van der Waals surface area contributed by atoms with Crippen molar-refractivity contribution in [1.82, 2.24) is 9.88 Å². The highest BCUT2D eigenvalue weighted by Gasteiger charge is 2.24. The van der Waals surface area contributed by atoms with E-state index in [4.69, 9.17) is 26.1 Å². The van der Waals surface area contributed by atoms with Crippen LogP contribution in [0.25, 0.3) is 10.2 Å². The molecule has 0 N–H and O–H groups in total. The highest BCUT2D eigenvalue weighted by atomic mass is 35.5. The van der Waals surface area contributed by atoms with E-state index in [2.05, 4.69) is 4.90 Å². The van der Waals surface area contributed by atoms with Gasteiger partial charge in [0.2, 0.25) is 5.91 Å². The molecule has 0 unspecified atom stereocenters. The Morgan fingerprint density at radius 1 is 1.10 bits per heavy atom. The molecular weight excluding hydrogens is 454 g/mol. The van der Waals surface area contributed by atoms with Crippen LogP contribution in [0, 0.1) is 0 Å². The van der Waals surface area contributed by atoms with Crippen molar-refractivity contribution < 1.29 is 14.3 Å². The molecule has 9 heteroatoms. The van der Waals surface area contributed by atoms with Gasteiger partial charge in [-0.1, -0.05) is 22.9 Å². The lowest BCUT2D eigenvalue weighted by Gasteiger charge is -2.34. The summed E-state index contributed by atoms with van der Waals surface area (Å²) >= 11 is 9.23. The van der Waals surface area contributed by atoms with E-state index in [0.717, 1.165) is 44.1 Å². The van der Waals surface area contributed by atoms with Gasteiger partial charge in [-0.2, -0.15) is 0 Å². The number of nitrogens with zero attached hydrogens (tertiary/aromatic N) is 3. The molecule has 2 aromatic carbocycles. The second-order valence-electron chi connectivity index (χ2n) is 7.06. The molecule has 164 valence electrons. The van der Waals surface area contributed by atoms with Gasteiger partial charge in [0, 0.05) is 48.3 Å². The minimum atomic E-state index is 0.205. The van der Waals surface area contributed by atoms with E-state index in [1.54, 1.807) is 37.3 Å². The van der Waals surface area contributed by atoms with Crippen molar-refractivity contribution in [3.8, 4) is 11.5 Å². The molecule has 0 saturated carbocycles. The van der Waals surface area contributed by atoms with Crippen molar-refractivity contribution in [3.05, 3.63) is 41.4 Å². The molecule has 0 bridgehead atoms. The molecule has 0 atom stereocenters. The summed E-state index contributed by atoms with van der Waals surface area (Å²) < 4.78 is 12.0. The Balaban J connectivity index is 1.32. The van der Waals surface area contributed by atoms with Gasteiger partial charge in [0.25, 0.3) is 0 Å². The van der Waals surface area contributed by atoms with E-state index in [0.29, 0.717) is 31.0 Å². The predicted octanol–water partition coefficient (Wildman–Crippen LogP) is 4.80. The Labute approximate surface area is 195 Å². The summed E-state index contributed by atoms with van der Waals surface area (Å²) in [6, 6.07) is 11.6. The Hall–Kier alpha value is -2.16. The van der Waals surface area contributed by atoms with Gasteiger partial charge in [-0.05, 0) is 36.4 Å². The Morgan fingerprint density at radius 2 is 1.84 bits per heavy atom. The van der Waals surface area contributed by atoms with Crippen LogP contribution in [-0.2, 0) is 4.79 Å². The number of benzene rings is 2. The van der Waals surface area contributed by atoms with Gasteiger partial charge in [-0.25, -0.2) is 4.98 Å². The lowest BCUT2D eigenvalue weighted by Crippen LogP contribution is -2.48. The van der Waals surface area contributed by atoms with Crippen molar-refractivity contribution in [1.29, 1.82) is 0 Å². The van der Waals surface area contributed by atoms with E-state index in [-0.39, 0.29) is 5.91 Å². The molecule has 0 spiro atoms. The highest BCUT2D eigenvalue weighted by Crippen LogP contribution is 2.40. The molecular formula is C22H24ClN3O3S2. The van der Waals surface area contributed by atoms with E-state index in [9.17, 15) is 4.79 Å². The second kappa shape index (κ2) is 9.97. The molecule has 1 aliphatic heterocycles. The zero-order chi connectivity index (χ0) is 21.8. The van der Waals surface area contributed by atoms with Crippen LogP contribution in [0.2, 0.25) is 5.02 Å². The third-order valence-electron chi connectivity index (χ3n) is 5.19. The Kier molecular flexibility index (Phi) is 7.09. The van der Waals surface area contributed by atoms with Crippen LogP contribution < -0.4 is 14.4 Å². The Bertz CT molecular complexity index is 1050. The number of rotatable bonds is 7. The van der Waals surface area contributed by atoms with Crippen LogP contribution in [0.4, 0.5) is 5.13 Å². The fraction of sp³-hybridized carbons (Fsp3) is 0.364. The smallest absolute Gasteiger partial charge is 0.223 e. The fourth-order valence-corrected chi connectivity index (χ4v) is 5.51. The molecule has 3 aromatic rings. The zero-order valence-electron chi connectivity index (χ0n) is 17.5. The summed E-state index contributed by atoms with van der Waals surface area (Å²) in [5.74, 6) is 2.31. The third-order valence-corrected chi connectivity index (χ3v) is 7.54. The number of fused-ring (bicyclic) bond motifs is 1. The standard InChI is InChI=1S/C22H24ClN3O3S2/c1-28-17-7-8-18-20(21(17)29-2)24-22(31-18)26-12-10-25(11-13-26)19(27)9-14-30-16-5-3-15(23)4-6-16/h3-8H,9-14H2,1-2H3. The lowest BCUT2D eigenvalue weighted by atomic mass is 10.3. The molecule has 1 fully saturated rings. The van der Waals surface area contributed by atoms with Crippen LogP contribution in [-0.4, -0.2) is 61.9 Å². The number of aromatic nitrogens is 1. The Morgan fingerprint density at radius 3 is 2.52 bits per heavy atom. The van der Waals surface area contributed by atoms with Gasteiger partial charge in [-0.15, -0.1) is 11.8 Å². The van der Waals surface area contributed by atoms with Crippen molar-refractivity contribution >= 4 is 56.0 Å². The largest absolute Gasteiger partial charge is 0.493 e. The van der Waals surface area contributed by atoms with E-state index in [1.807, 2.05) is 41.3 Å². The summed E-state index contributed by atoms with van der Waals surface area (Å²) in [5, 5.41) is 1.68. The van der Waals surface area contributed by atoms with Crippen molar-refractivity contribution in [3.63, 3.8) is 0 Å². The monoisotopic (exact) mass is 477 g/mol. The normalized spacial score (nSPS) is 14.2. The maximum Gasteiger partial charge on any atom is 0.223 e. The maximum atomic E-state index is 12.6. The predicted molar refractivity (Wildman–Crippen MR) is 128 cm³/mol. The summed E-state index contributed by atoms with van der Waals surface area (Å²) in [5.41, 5.74) is 0.819. The number of carbonyl (C=O) groups excluding carboxylic acids is 1. The SMILES string of the molecule is COc1ccc2sc(N3CCN(C(=O)CCSc4ccc(Cl)cc4)CC3)nc2c1OC. The van der Waals surface area contributed by atoms with Crippen LogP contribution in [0.5, 0.6) is 11.5 Å². The number of anilines is 1. The molecule has 1 amide bonds. The summed E-state index contributed by atoms with van der Waals surface area (Å²) in [7, 11) is 3.26. The van der Waals surface area contributed by atoms with Crippen molar-refractivity contribution in [2.45, 2.75) is 11.3 Å². The topological polar surface area (TPSA) is 54.9 Å². The number of hydrogen-bond donors (Lipinski definition) is 0. The number of thioether (sulfide) groups is 1. The first-order valence-corrected chi connectivity index (χ1v) is 12.2. The molecule has 31 heavy (non-hydrogen) atoms. The summed E-state index contributed by atoms with van der Waals surface area (Å²) in [6.45, 7) is 2.96. The average molecular weight is 478 g/mol. The summed E-state index contributed by atoms with van der Waals surface area (Å²) in [4.78, 5) is 22.7. The van der Waals surface area contributed by atoms with Gasteiger partial charge in [0.15, 0.2) is 16.6 Å². The number of piperazine rings is 1. The number of amides is 1. The number of carbonyl (C=O) groups is 1. The first kappa shape index (κ1) is 22.0. The van der Waals surface area contributed by atoms with Crippen molar-refractivity contribution in [2.75, 3.05) is 51.1 Å². The molecule has 4 rings (SSSR count). The van der Waals surface area contributed by atoms with E-state index in [1.165, 1.54) is 0 Å². The minimum absolute atomic E-state index is 0.205. The summed E-state index contributed by atoms with van der Waals surface area (Å²) in [6.07, 6.45) is 0.533. The number of methoxy groups -OCH3 is 2. The second-order valence-corrected chi connectivity index (χ2v) is 9.68. The van der Waals surface area contributed by atoms with Gasteiger partial charge in [-0.3, -0.25) is 4.79 Å². The molecule has 0 aliphatic carbocycles.